The Kier molecular flexibility index (Phi) is 7.09. The van der Waals surface area contributed by atoms with E-state index in [1.165, 1.54) is 11.0 Å². The molecule has 2 aliphatic heterocycles. The van der Waals surface area contributed by atoms with E-state index < -0.39 is 0 Å². The monoisotopic (exact) mass is 494 g/mol. The summed E-state index contributed by atoms with van der Waals surface area (Å²) < 4.78 is 12.2. The maximum absolute atomic E-state index is 12.0. The summed E-state index contributed by atoms with van der Waals surface area (Å²) in [4.78, 5) is 29.2. The number of morpholine rings is 1. The molecule has 3 aromatic rings. The van der Waals surface area contributed by atoms with Gasteiger partial charge < -0.3 is 25.0 Å². The average molecular weight is 495 g/mol. The Balaban J connectivity index is 1.38. The van der Waals surface area contributed by atoms with Gasteiger partial charge in [-0.3, -0.25) is 0 Å². The van der Waals surface area contributed by atoms with Gasteiger partial charge >= 0.3 is 6.09 Å². The molecule has 5 rings (SSSR count). The number of anilines is 4. The zero-order valence-electron chi connectivity index (χ0n) is 20.2. The van der Waals surface area contributed by atoms with Crippen LogP contribution in [-0.2, 0) is 9.47 Å². The Bertz CT molecular complexity index is 1160. The van der Waals surface area contributed by atoms with Crippen LogP contribution < -0.4 is 15.6 Å². The van der Waals surface area contributed by atoms with Crippen LogP contribution in [0.15, 0.2) is 42.7 Å². The lowest BCUT2D eigenvalue weighted by Crippen LogP contribution is -2.49. The van der Waals surface area contributed by atoms with E-state index in [0.29, 0.717) is 70.9 Å². The molecule has 0 spiro atoms. The number of piperazine rings is 1. The van der Waals surface area contributed by atoms with Crippen molar-refractivity contribution in [2.45, 2.75) is 6.92 Å². The Morgan fingerprint density at radius 2 is 1.78 bits per heavy atom. The van der Waals surface area contributed by atoms with E-state index in [9.17, 15) is 4.79 Å². The number of para-hydroxylation sites is 1. The lowest BCUT2D eigenvalue weighted by Gasteiger charge is -2.36. The van der Waals surface area contributed by atoms with Gasteiger partial charge in [0, 0.05) is 45.3 Å². The summed E-state index contributed by atoms with van der Waals surface area (Å²) in [5.74, 6) is 1.91. The highest BCUT2D eigenvalue weighted by atomic mass is 16.6. The smallest absolute Gasteiger partial charge is 0.409 e. The van der Waals surface area contributed by atoms with Crippen LogP contribution >= 0.6 is 0 Å². The molecule has 13 heteroatoms. The number of hydrogen-bond acceptors (Lipinski definition) is 11. The first-order valence-corrected chi connectivity index (χ1v) is 12.0. The predicted octanol–water partition coefficient (Wildman–Crippen LogP) is 1.30. The van der Waals surface area contributed by atoms with Gasteiger partial charge in [-0.25, -0.2) is 24.8 Å². The number of hydrazine groups is 1. The van der Waals surface area contributed by atoms with Crippen molar-refractivity contribution in [1.29, 1.82) is 0 Å². The normalized spacial score (nSPS) is 16.7. The molecule has 0 atom stereocenters. The summed E-state index contributed by atoms with van der Waals surface area (Å²) in [6.45, 7) is 7.20. The Hall–Kier alpha value is -3.97. The van der Waals surface area contributed by atoms with E-state index in [0.717, 1.165) is 11.5 Å². The lowest BCUT2D eigenvalue weighted by molar-refractivity contribution is 0.0371. The zero-order valence-corrected chi connectivity index (χ0v) is 20.2. The summed E-state index contributed by atoms with van der Waals surface area (Å²) in [5.41, 5.74) is 7.24. The third-order valence-electron chi connectivity index (χ3n) is 6.07. The minimum Gasteiger partial charge on any atom is -0.450 e. The third-order valence-corrected chi connectivity index (χ3v) is 6.07. The van der Waals surface area contributed by atoms with E-state index >= 15 is 0 Å². The fraction of sp³-hybridized carbons (Fsp3) is 0.435. The van der Waals surface area contributed by atoms with Crippen molar-refractivity contribution in [2.24, 2.45) is 0 Å². The molecular weight excluding hydrogens is 464 g/mol. The number of nitrogens with two attached hydrogens (primary N) is 1. The molecule has 2 aromatic heterocycles. The zero-order chi connectivity index (χ0) is 24.9. The second kappa shape index (κ2) is 10.7. The van der Waals surface area contributed by atoms with Crippen LogP contribution in [0, 0.1) is 0 Å². The minimum absolute atomic E-state index is 0.218. The molecular formula is C23H30N10O3. The molecule has 1 amide bonds. The number of amides is 1. The van der Waals surface area contributed by atoms with E-state index in [1.807, 2.05) is 41.4 Å². The van der Waals surface area contributed by atoms with Crippen molar-refractivity contribution in [1.82, 2.24) is 34.6 Å². The third kappa shape index (κ3) is 5.02. The molecule has 2 saturated heterocycles. The van der Waals surface area contributed by atoms with Crippen LogP contribution in [0.1, 0.15) is 6.92 Å². The van der Waals surface area contributed by atoms with Gasteiger partial charge in [0.05, 0.1) is 25.5 Å². The van der Waals surface area contributed by atoms with E-state index in [1.54, 1.807) is 11.8 Å². The first kappa shape index (κ1) is 23.8. The van der Waals surface area contributed by atoms with Crippen LogP contribution in [0.5, 0.6) is 0 Å². The van der Waals surface area contributed by atoms with Gasteiger partial charge in [0.25, 0.3) is 5.95 Å². The number of aromatic nitrogens is 5. The molecule has 0 radical (unpaired) electrons. The van der Waals surface area contributed by atoms with Crippen LogP contribution in [0.3, 0.4) is 0 Å². The topological polar surface area (TPSA) is 131 Å². The van der Waals surface area contributed by atoms with Crippen molar-refractivity contribution in [3.63, 3.8) is 0 Å². The van der Waals surface area contributed by atoms with Gasteiger partial charge in [-0.05, 0) is 19.1 Å². The molecule has 0 saturated carbocycles. The van der Waals surface area contributed by atoms with Crippen molar-refractivity contribution in [3.05, 3.63) is 42.7 Å². The molecule has 4 heterocycles. The largest absolute Gasteiger partial charge is 0.450 e. The average Bonchev–Trinajstić information content (AvgIpc) is 3.31. The predicted molar refractivity (Wildman–Crippen MR) is 133 cm³/mol. The number of nitrogen functional groups attached to an aromatic ring is 1. The Morgan fingerprint density at radius 3 is 2.50 bits per heavy atom. The molecule has 13 nitrogen and oxygen atoms in total. The van der Waals surface area contributed by atoms with Crippen LogP contribution in [0.4, 0.5) is 28.2 Å². The van der Waals surface area contributed by atoms with Gasteiger partial charge in [0.2, 0.25) is 5.95 Å². The van der Waals surface area contributed by atoms with E-state index in [-0.39, 0.29) is 12.0 Å². The van der Waals surface area contributed by atoms with Crippen molar-refractivity contribution >= 4 is 29.5 Å². The molecule has 0 bridgehead atoms. The van der Waals surface area contributed by atoms with E-state index in [2.05, 4.69) is 24.9 Å². The molecule has 0 aliphatic carbocycles. The van der Waals surface area contributed by atoms with Gasteiger partial charge in [0.1, 0.15) is 12.1 Å². The minimum atomic E-state index is -0.285. The first-order valence-electron chi connectivity index (χ1n) is 12.0. The summed E-state index contributed by atoms with van der Waals surface area (Å²) in [6, 6.07) is 11.8. The molecule has 1 aromatic carbocycles. The summed E-state index contributed by atoms with van der Waals surface area (Å²) in [6.07, 6.45) is 1.20. The number of carbonyl (C=O) groups excluding carboxylic acids is 1. The van der Waals surface area contributed by atoms with Gasteiger partial charge in [-0.15, -0.1) is 5.10 Å². The fourth-order valence-electron chi connectivity index (χ4n) is 4.26. The number of carbonyl (C=O) groups is 1. The van der Waals surface area contributed by atoms with E-state index in [4.69, 9.17) is 20.3 Å². The highest BCUT2D eigenvalue weighted by Gasteiger charge is 2.26. The highest BCUT2D eigenvalue weighted by molar-refractivity contribution is 5.68. The SMILES string of the molecule is CCOC(=O)N1CCN(c2cc(-n3nc(N(c4ccccc4)N4CCOCC4)nc3N)ncn2)CC1. The standard InChI is InChI=1S/C23H30N10O3/c1-2-36-23(34)30-10-8-29(9-11-30)19-16-20(26-17-25-19)32-21(24)27-22(28-32)33(18-6-4-3-5-7-18)31-12-14-35-15-13-31/h3-7,16-17H,2,8-15H2,1H3,(H2,24,27,28). The highest BCUT2D eigenvalue weighted by Crippen LogP contribution is 2.27. The molecule has 190 valence electrons. The molecule has 2 fully saturated rings. The van der Waals surface area contributed by atoms with Gasteiger partial charge in [0.15, 0.2) is 5.82 Å². The van der Waals surface area contributed by atoms with Gasteiger partial charge in [-0.1, -0.05) is 18.2 Å². The summed E-state index contributed by atoms with van der Waals surface area (Å²) in [7, 11) is 0. The van der Waals surface area contributed by atoms with Crippen LogP contribution in [-0.4, -0.2) is 99.8 Å². The summed E-state index contributed by atoms with van der Waals surface area (Å²) in [5, 5.41) is 8.83. The lowest BCUT2D eigenvalue weighted by atomic mass is 10.3. The molecule has 0 unspecified atom stereocenters. The molecule has 2 N–H and O–H groups in total. The maximum Gasteiger partial charge on any atom is 0.409 e. The fourth-order valence-corrected chi connectivity index (χ4v) is 4.26. The van der Waals surface area contributed by atoms with Crippen molar-refractivity contribution < 1.29 is 14.3 Å². The number of nitrogens with zero attached hydrogens (tertiary/aromatic N) is 9. The number of benzene rings is 1. The second-order valence-corrected chi connectivity index (χ2v) is 8.30. The number of rotatable bonds is 6. The van der Waals surface area contributed by atoms with Crippen LogP contribution in [0.25, 0.3) is 5.82 Å². The second-order valence-electron chi connectivity index (χ2n) is 8.30. The Labute approximate surface area is 209 Å². The Morgan fingerprint density at radius 1 is 1.06 bits per heavy atom. The summed E-state index contributed by atoms with van der Waals surface area (Å²) >= 11 is 0. The van der Waals surface area contributed by atoms with Crippen molar-refractivity contribution in [2.75, 3.05) is 74.7 Å². The quantitative estimate of drug-likeness (QED) is 0.532. The van der Waals surface area contributed by atoms with Crippen molar-refractivity contribution in [3.8, 4) is 5.82 Å². The number of ether oxygens (including phenoxy) is 2. The number of hydrogen-bond donors (Lipinski definition) is 1. The van der Waals surface area contributed by atoms with Gasteiger partial charge in [-0.2, -0.15) is 9.67 Å². The maximum atomic E-state index is 12.0. The molecule has 36 heavy (non-hydrogen) atoms. The molecule has 2 aliphatic rings. The van der Waals surface area contributed by atoms with Crippen LogP contribution in [0.2, 0.25) is 0 Å². The first-order chi connectivity index (χ1) is 17.6.